The topological polar surface area (TPSA) is 39.5 Å². The molecule has 0 spiro atoms. The molecule has 0 aliphatic carbocycles. The Morgan fingerprint density at radius 3 is 2.46 bits per heavy atom. The van der Waals surface area contributed by atoms with Crippen molar-refractivity contribution in [3.63, 3.8) is 0 Å². The van der Waals surface area contributed by atoms with E-state index in [4.69, 9.17) is 0 Å². The lowest BCUT2D eigenvalue weighted by Gasteiger charge is -2.38. The summed E-state index contributed by atoms with van der Waals surface area (Å²) in [5.41, 5.74) is 3.05. The molecule has 0 bridgehead atoms. The maximum Gasteiger partial charge on any atom is 0.136 e. The lowest BCUT2D eigenvalue weighted by molar-refractivity contribution is -0.781. The summed E-state index contributed by atoms with van der Waals surface area (Å²) in [4.78, 5) is 0. The van der Waals surface area contributed by atoms with Crippen molar-refractivity contribution < 1.29 is 5.06 Å². The first-order valence-electron chi connectivity index (χ1n) is 8.99. The Hall–Kier alpha value is -1.68. The van der Waals surface area contributed by atoms with Crippen molar-refractivity contribution in [3.05, 3.63) is 70.9 Å². The molecule has 3 heteroatoms. The van der Waals surface area contributed by atoms with E-state index in [0.717, 1.165) is 24.1 Å². The zero-order valence-electron chi connectivity index (χ0n) is 14.9. The molecular formula is C21H28N2O. The first-order valence-corrected chi connectivity index (χ1v) is 8.99. The third kappa shape index (κ3) is 3.39. The monoisotopic (exact) mass is 324 g/mol. The van der Waals surface area contributed by atoms with Crippen LogP contribution in [0.5, 0.6) is 0 Å². The van der Waals surface area contributed by atoms with Gasteiger partial charge in [-0.2, -0.15) is 0 Å². The van der Waals surface area contributed by atoms with E-state index in [0.29, 0.717) is 12.5 Å². The van der Waals surface area contributed by atoms with Gasteiger partial charge in [0.25, 0.3) is 0 Å². The number of hydrogen-bond donors (Lipinski definition) is 2. The van der Waals surface area contributed by atoms with Crippen LogP contribution < -0.4 is 10.4 Å². The van der Waals surface area contributed by atoms with E-state index in [1.54, 1.807) is 0 Å². The molecule has 0 amide bonds. The van der Waals surface area contributed by atoms with E-state index >= 15 is 0 Å². The van der Waals surface area contributed by atoms with E-state index in [2.05, 4.69) is 56.4 Å². The second-order valence-corrected chi connectivity index (χ2v) is 7.41. The maximum atomic E-state index is 13.0. The Kier molecular flexibility index (Phi) is 5.04. The van der Waals surface area contributed by atoms with Crippen LogP contribution >= 0.6 is 0 Å². The Morgan fingerprint density at radius 2 is 1.79 bits per heavy atom. The number of quaternary nitrogens is 1. The zero-order chi connectivity index (χ0) is 17.2. The van der Waals surface area contributed by atoms with Gasteiger partial charge in [-0.3, -0.25) is 5.32 Å². The number of hydrogen-bond acceptors (Lipinski definition) is 2. The highest BCUT2D eigenvalue weighted by molar-refractivity contribution is 5.47. The van der Waals surface area contributed by atoms with Crippen LogP contribution in [0.4, 0.5) is 5.69 Å². The Labute approximate surface area is 145 Å². The van der Waals surface area contributed by atoms with E-state index < -0.39 is 0 Å². The molecular weight excluding hydrogens is 296 g/mol. The van der Waals surface area contributed by atoms with Gasteiger partial charge in [0, 0.05) is 5.56 Å². The van der Waals surface area contributed by atoms with Gasteiger partial charge in [0.05, 0.1) is 18.1 Å². The molecule has 3 nitrogen and oxygen atoms in total. The predicted molar refractivity (Wildman–Crippen MR) is 99.2 cm³/mol. The van der Waals surface area contributed by atoms with Gasteiger partial charge >= 0.3 is 0 Å². The molecule has 0 saturated heterocycles. The molecule has 0 saturated carbocycles. The van der Waals surface area contributed by atoms with Gasteiger partial charge in [-0.05, 0) is 30.4 Å². The molecule has 3 atom stereocenters. The molecule has 128 valence electrons. The number of fused-ring (bicyclic) bond motifs is 1. The minimum atomic E-state index is -0.148. The fraction of sp³-hybridized carbons (Fsp3) is 0.429. The van der Waals surface area contributed by atoms with Crippen LogP contribution in [-0.2, 0) is 0 Å². The molecule has 1 aliphatic rings. The average Bonchev–Trinajstić information content (AvgIpc) is 2.71. The summed E-state index contributed by atoms with van der Waals surface area (Å²) in [6.45, 7) is 7.24. The van der Waals surface area contributed by atoms with Crippen LogP contribution in [0.25, 0.3) is 0 Å². The highest BCUT2D eigenvalue weighted by atomic mass is 16.5. The van der Waals surface area contributed by atoms with Gasteiger partial charge in [0.1, 0.15) is 5.69 Å². The average molecular weight is 324 g/mol. The van der Waals surface area contributed by atoms with Crippen molar-refractivity contribution in [1.82, 2.24) is 5.32 Å². The van der Waals surface area contributed by atoms with Crippen LogP contribution in [0.2, 0.25) is 0 Å². The van der Waals surface area contributed by atoms with Crippen molar-refractivity contribution in [1.29, 1.82) is 0 Å². The van der Waals surface area contributed by atoms with Crippen LogP contribution in [-0.4, -0.2) is 12.1 Å². The van der Waals surface area contributed by atoms with E-state index in [9.17, 15) is 5.21 Å². The Balaban J connectivity index is 2.10. The summed E-state index contributed by atoms with van der Waals surface area (Å²) >= 11 is 0. The highest BCUT2D eigenvalue weighted by Gasteiger charge is 2.39. The molecule has 24 heavy (non-hydrogen) atoms. The molecule has 0 radical (unpaired) electrons. The lowest BCUT2D eigenvalue weighted by Crippen LogP contribution is -3.04. The van der Waals surface area contributed by atoms with E-state index in [1.807, 2.05) is 24.3 Å². The zero-order valence-corrected chi connectivity index (χ0v) is 14.9. The van der Waals surface area contributed by atoms with Crippen molar-refractivity contribution in [2.24, 2.45) is 5.92 Å². The summed E-state index contributed by atoms with van der Waals surface area (Å²) in [5.74, 6) is 0.544. The number of para-hydroxylation sites is 1. The molecule has 2 unspecified atom stereocenters. The van der Waals surface area contributed by atoms with Gasteiger partial charge < -0.3 is 10.3 Å². The first kappa shape index (κ1) is 17.2. The minimum Gasteiger partial charge on any atom is -0.629 e. The molecule has 2 N–H and O–H groups in total. The Bertz CT molecular complexity index is 671. The van der Waals surface area contributed by atoms with Gasteiger partial charge in [-0.15, -0.1) is 0 Å². The first-order chi connectivity index (χ1) is 11.5. The number of rotatable bonds is 4. The predicted octanol–water partition coefficient (Wildman–Crippen LogP) is 3.59. The highest BCUT2D eigenvalue weighted by Crippen LogP contribution is 2.33. The van der Waals surface area contributed by atoms with E-state index in [-0.39, 0.29) is 16.6 Å². The van der Waals surface area contributed by atoms with Gasteiger partial charge in [0.15, 0.2) is 0 Å². The van der Waals surface area contributed by atoms with E-state index in [1.165, 1.54) is 5.56 Å². The van der Waals surface area contributed by atoms with Crippen LogP contribution in [0.3, 0.4) is 0 Å². The normalized spacial score (nSPS) is 26.9. The summed E-state index contributed by atoms with van der Waals surface area (Å²) in [6.07, 6.45) is 1.96. The molecule has 1 aliphatic heterocycles. The summed E-state index contributed by atoms with van der Waals surface area (Å²) in [6, 6.07) is 18.6. The molecule has 1 heterocycles. The maximum absolute atomic E-state index is 13.0. The third-order valence-corrected chi connectivity index (χ3v) is 5.13. The smallest absolute Gasteiger partial charge is 0.136 e. The summed E-state index contributed by atoms with van der Waals surface area (Å²) in [7, 11) is 0. The van der Waals surface area contributed by atoms with Crippen LogP contribution in [0.1, 0.15) is 50.8 Å². The minimum absolute atomic E-state index is 0.0625. The Morgan fingerprint density at radius 1 is 1.12 bits per heavy atom. The van der Waals surface area contributed by atoms with Crippen LogP contribution in [0.15, 0.2) is 54.6 Å². The van der Waals surface area contributed by atoms with Crippen molar-refractivity contribution in [2.45, 2.75) is 45.2 Å². The van der Waals surface area contributed by atoms with Gasteiger partial charge in [-0.1, -0.05) is 69.3 Å². The van der Waals surface area contributed by atoms with Gasteiger partial charge in [0.2, 0.25) is 0 Å². The fourth-order valence-electron chi connectivity index (χ4n) is 4.03. The van der Waals surface area contributed by atoms with Gasteiger partial charge in [-0.25, -0.2) is 0 Å². The van der Waals surface area contributed by atoms with Crippen LogP contribution in [0, 0.1) is 11.1 Å². The lowest BCUT2D eigenvalue weighted by atomic mass is 9.84. The SMILES string of the molecule is CCC1(CC(C)C)C[NH+]([O-])c2ccccc2[C@H](c2ccccc2)N1. The standard InChI is InChI=1S/C21H28N2O/c1-4-21(14-16(2)3)15-23(24)19-13-9-8-12-18(19)20(22-21)17-10-6-5-7-11-17/h5-13,16,20,22-23H,4,14-15H2,1-3H3/t20-,21?/m0/s1. The summed E-state index contributed by atoms with van der Waals surface area (Å²) in [5, 5.41) is 17.2. The van der Waals surface area contributed by atoms with Crippen molar-refractivity contribution in [3.8, 4) is 0 Å². The second-order valence-electron chi connectivity index (χ2n) is 7.41. The molecule has 2 aromatic carbocycles. The fourth-order valence-corrected chi connectivity index (χ4v) is 4.03. The molecule has 0 aromatic heterocycles. The number of nitrogens with one attached hydrogen (secondary N) is 2. The quantitative estimate of drug-likeness (QED) is 0.844. The summed E-state index contributed by atoms with van der Waals surface area (Å²) < 4.78 is 0. The third-order valence-electron chi connectivity index (χ3n) is 5.13. The molecule has 3 rings (SSSR count). The van der Waals surface area contributed by atoms with Crippen molar-refractivity contribution in [2.75, 3.05) is 6.54 Å². The number of benzene rings is 2. The molecule has 2 aromatic rings. The number of hydroxylamine groups is 1. The van der Waals surface area contributed by atoms with Crippen molar-refractivity contribution >= 4 is 5.69 Å². The second kappa shape index (κ2) is 7.06. The largest absolute Gasteiger partial charge is 0.629 e. The molecule has 0 fully saturated rings.